The van der Waals surface area contributed by atoms with E-state index in [-0.39, 0.29) is 34.6 Å². The Kier molecular flexibility index (Phi) is 9.56. The molecule has 1 aliphatic carbocycles. The lowest BCUT2D eigenvalue weighted by Gasteiger charge is -2.28. The van der Waals surface area contributed by atoms with Crippen molar-refractivity contribution in [1.82, 2.24) is 19.8 Å². The van der Waals surface area contributed by atoms with Gasteiger partial charge in [-0.1, -0.05) is 30.3 Å². The number of nitrogens with zero attached hydrogens (tertiary/aromatic N) is 1. The average Bonchev–Trinajstić information content (AvgIpc) is 3.40. The molecule has 45 heavy (non-hydrogen) atoms. The van der Waals surface area contributed by atoms with Crippen molar-refractivity contribution in [1.29, 1.82) is 0 Å². The first-order valence-electron chi connectivity index (χ1n) is 15.1. The Morgan fingerprint density at radius 1 is 0.978 bits per heavy atom. The van der Waals surface area contributed by atoms with Gasteiger partial charge in [-0.3, -0.25) is 24.6 Å². The molecule has 0 radical (unpaired) electrons. The number of aryl methyl sites for hydroxylation is 1. The van der Waals surface area contributed by atoms with Crippen molar-refractivity contribution in [3.8, 4) is 11.1 Å². The number of rotatable bonds is 10. The van der Waals surface area contributed by atoms with E-state index in [1.807, 2.05) is 31.2 Å². The first-order valence-corrected chi connectivity index (χ1v) is 16.5. The largest absolute Gasteiger partial charge is 0.344 e. The molecule has 12 heteroatoms. The van der Waals surface area contributed by atoms with E-state index in [0.29, 0.717) is 29.1 Å². The molecule has 1 aromatic heterocycles. The Morgan fingerprint density at radius 2 is 1.69 bits per heavy atom. The highest BCUT2D eigenvalue weighted by atomic mass is 32.2. The zero-order valence-corrected chi connectivity index (χ0v) is 26.5. The Balaban J connectivity index is 1.37. The number of H-pyrrole nitrogens is 2. The second-order valence-electron chi connectivity index (χ2n) is 12.0. The van der Waals surface area contributed by atoms with Crippen molar-refractivity contribution in [3.63, 3.8) is 0 Å². The van der Waals surface area contributed by atoms with Crippen molar-refractivity contribution in [2.45, 2.75) is 50.0 Å². The maximum absolute atomic E-state index is 13.6. The van der Waals surface area contributed by atoms with Crippen LogP contribution in [-0.2, 0) is 26.0 Å². The molecule has 1 saturated carbocycles. The molecule has 6 N–H and O–H groups in total. The molecular weight excluding hydrogens is 592 g/mol. The molecule has 1 aliphatic rings. The molecule has 3 aromatic carbocycles. The van der Waals surface area contributed by atoms with Crippen LogP contribution in [-0.4, -0.2) is 61.4 Å². The third-order valence-corrected chi connectivity index (χ3v) is 10.5. The first kappa shape index (κ1) is 32.1. The molecule has 1 fully saturated rings. The van der Waals surface area contributed by atoms with Gasteiger partial charge in [0.25, 0.3) is 5.56 Å². The monoisotopic (exact) mass is 632 g/mol. The van der Waals surface area contributed by atoms with E-state index < -0.39 is 16.1 Å². The lowest BCUT2D eigenvalue weighted by Crippen LogP contribution is -2.48. The number of aromatic amines is 2. The van der Waals surface area contributed by atoms with Crippen LogP contribution in [0.1, 0.15) is 36.8 Å². The summed E-state index contributed by atoms with van der Waals surface area (Å²) in [6.07, 6.45) is 3.48. The van der Waals surface area contributed by atoms with Gasteiger partial charge >= 0.3 is 0 Å². The van der Waals surface area contributed by atoms with Gasteiger partial charge < -0.3 is 16.4 Å². The molecule has 0 bridgehead atoms. The van der Waals surface area contributed by atoms with Crippen molar-refractivity contribution in [2.75, 3.05) is 26.0 Å². The van der Waals surface area contributed by atoms with Gasteiger partial charge in [0.2, 0.25) is 21.8 Å². The summed E-state index contributed by atoms with van der Waals surface area (Å²) >= 11 is 0. The number of hydrogen-bond acceptors (Lipinski definition) is 6. The van der Waals surface area contributed by atoms with Crippen molar-refractivity contribution < 1.29 is 18.0 Å². The molecule has 1 atom stereocenters. The second kappa shape index (κ2) is 13.4. The molecular formula is C33H40N6O5S. The van der Waals surface area contributed by atoms with E-state index in [9.17, 15) is 22.8 Å². The SMILES string of the molecule is Cc1ccc(S(=O)(=O)N(C)C)cc1-c1ccc(C[C@H](NC(=O)C2CCC(CN)CC2)C(=O)Nc2ccc3c(=O)[nH][nH]c3c2)cc1. The number of amides is 2. The van der Waals surface area contributed by atoms with Gasteiger partial charge in [0.15, 0.2) is 0 Å². The van der Waals surface area contributed by atoms with Crippen LogP contribution in [0.5, 0.6) is 0 Å². The van der Waals surface area contributed by atoms with Crippen molar-refractivity contribution >= 4 is 38.4 Å². The van der Waals surface area contributed by atoms with Crippen LogP contribution in [0.4, 0.5) is 5.69 Å². The topological polar surface area (TPSA) is 170 Å². The predicted octanol–water partition coefficient (Wildman–Crippen LogP) is 3.51. The summed E-state index contributed by atoms with van der Waals surface area (Å²) in [6, 6.07) is 16.7. The Labute approximate surface area is 262 Å². The first-order chi connectivity index (χ1) is 21.5. The molecule has 238 valence electrons. The van der Waals surface area contributed by atoms with Crippen LogP contribution in [0.25, 0.3) is 22.0 Å². The average molecular weight is 633 g/mol. The third kappa shape index (κ3) is 7.19. The molecule has 0 unspecified atom stereocenters. The highest BCUT2D eigenvalue weighted by Gasteiger charge is 2.29. The number of benzene rings is 3. The summed E-state index contributed by atoms with van der Waals surface area (Å²) in [5.41, 5.74) is 10.0. The summed E-state index contributed by atoms with van der Waals surface area (Å²) < 4.78 is 26.6. The number of nitrogens with one attached hydrogen (secondary N) is 4. The van der Waals surface area contributed by atoms with E-state index in [4.69, 9.17) is 5.73 Å². The number of nitrogens with two attached hydrogens (primary N) is 1. The minimum Gasteiger partial charge on any atom is -0.344 e. The van der Waals surface area contributed by atoms with E-state index in [2.05, 4.69) is 20.8 Å². The lowest BCUT2D eigenvalue weighted by molar-refractivity contribution is -0.130. The molecule has 0 aliphatic heterocycles. The molecule has 5 rings (SSSR count). The fraction of sp³-hybridized carbons (Fsp3) is 0.364. The normalized spacial score (nSPS) is 17.7. The molecule has 2 amide bonds. The van der Waals surface area contributed by atoms with Crippen LogP contribution in [0.3, 0.4) is 0 Å². The highest BCUT2D eigenvalue weighted by molar-refractivity contribution is 7.89. The minimum absolute atomic E-state index is 0.151. The summed E-state index contributed by atoms with van der Waals surface area (Å²) in [7, 11) is -0.598. The maximum Gasteiger partial charge on any atom is 0.271 e. The fourth-order valence-corrected chi connectivity index (χ4v) is 6.77. The van der Waals surface area contributed by atoms with Gasteiger partial charge in [0.1, 0.15) is 6.04 Å². The number of hydrogen-bond donors (Lipinski definition) is 5. The Hall–Kier alpha value is -4.26. The summed E-state index contributed by atoms with van der Waals surface area (Å²) in [5, 5.41) is 11.7. The third-order valence-electron chi connectivity index (χ3n) is 8.72. The lowest BCUT2D eigenvalue weighted by atomic mass is 9.81. The number of carbonyl (C=O) groups is 2. The van der Waals surface area contributed by atoms with Gasteiger partial charge in [0.05, 0.1) is 15.8 Å². The van der Waals surface area contributed by atoms with E-state index in [1.54, 1.807) is 36.4 Å². The van der Waals surface area contributed by atoms with E-state index in [0.717, 1.165) is 47.9 Å². The minimum atomic E-state index is -3.60. The van der Waals surface area contributed by atoms with Crippen LogP contribution in [0.15, 0.2) is 70.4 Å². The van der Waals surface area contributed by atoms with Crippen LogP contribution < -0.4 is 21.9 Å². The molecule has 0 saturated heterocycles. The number of carbonyl (C=O) groups excluding carboxylic acids is 2. The van der Waals surface area contributed by atoms with Gasteiger partial charge in [-0.2, -0.15) is 0 Å². The van der Waals surface area contributed by atoms with E-state index in [1.165, 1.54) is 18.4 Å². The zero-order valence-electron chi connectivity index (χ0n) is 25.7. The molecule has 11 nitrogen and oxygen atoms in total. The van der Waals surface area contributed by atoms with Crippen molar-refractivity contribution in [2.24, 2.45) is 17.6 Å². The Morgan fingerprint density at radius 3 is 2.36 bits per heavy atom. The van der Waals surface area contributed by atoms with Gasteiger partial charge in [-0.25, -0.2) is 12.7 Å². The number of fused-ring (bicyclic) bond motifs is 1. The molecule has 4 aromatic rings. The van der Waals surface area contributed by atoms with Crippen LogP contribution >= 0.6 is 0 Å². The van der Waals surface area contributed by atoms with E-state index >= 15 is 0 Å². The molecule has 0 spiro atoms. The number of aromatic nitrogens is 2. The maximum atomic E-state index is 13.6. The molecule has 1 heterocycles. The van der Waals surface area contributed by atoms with Gasteiger partial charge in [-0.05, 0) is 97.7 Å². The van der Waals surface area contributed by atoms with Gasteiger partial charge in [0, 0.05) is 32.1 Å². The standard InChI is InChI=1S/C33H40N6O5S/c1-20-4-14-26(45(43,44)39(2)3)18-28(20)23-9-5-21(6-10-23)16-30(36-31(40)24-11-7-22(19-34)8-12-24)33(42)35-25-13-15-27-29(17-25)37-38-32(27)41/h4-6,9-10,13-15,17-18,22,24,30H,7-8,11-12,16,19,34H2,1-3H3,(H,35,42)(H,36,40)(H2,37,38,41)/t22?,24?,30-/m0/s1. The van der Waals surface area contributed by atoms with Crippen molar-refractivity contribution in [3.05, 3.63) is 82.1 Å². The van der Waals surface area contributed by atoms with Crippen LogP contribution in [0, 0.1) is 18.8 Å². The number of sulfonamides is 1. The zero-order chi connectivity index (χ0) is 32.3. The van der Waals surface area contributed by atoms with Gasteiger partial charge in [-0.15, -0.1) is 0 Å². The summed E-state index contributed by atoms with van der Waals surface area (Å²) in [6.45, 7) is 2.54. The quantitative estimate of drug-likeness (QED) is 0.179. The fourth-order valence-electron chi connectivity index (χ4n) is 5.84. The summed E-state index contributed by atoms with van der Waals surface area (Å²) in [4.78, 5) is 39.1. The highest BCUT2D eigenvalue weighted by Crippen LogP contribution is 2.30. The Bertz CT molecular complexity index is 1850. The predicted molar refractivity (Wildman–Crippen MR) is 175 cm³/mol. The smallest absolute Gasteiger partial charge is 0.271 e. The number of anilines is 1. The van der Waals surface area contributed by atoms with Crippen LogP contribution in [0.2, 0.25) is 0 Å². The second-order valence-corrected chi connectivity index (χ2v) is 14.2. The summed E-state index contributed by atoms with van der Waals surface area (Å²) in [5.74, 6) is -0.283.